The predicted molar refractivity (Wildman–Crippen MR) is 127 cm³/mol. The van der Waals surface area contributed by atoms with E-state index in [2.05, 4.69) is 10.4 Å². The number of anilines is 1. The first-order valence-corrected chi connectivity index (χ1v) is 11.5. The Morgan fingerprint density at radius 1 is 1.25 bits per heavy atom. The van der Waals surface area contributed by atoms with E-state index in [-0.39, 0.29) is 23.9 Å². The summed E-state index contributed by atoms with van der Waals surface area (Å²) in [7, 11) is 0. The molecule has 7 nitrogen and oxygen atoms in total. The first-order chi connectivity index (χ1) is 15.4. The highest BCUT2D eigenvalue weighted by Gasteiger charge is 2.29. The van der Waals surface area contributed by atoms with Crippen LogP contribution in [0.25, 0.3) is 16.7 Å². The second-order valence-corrected chi connectivity index (χ2v) is 9.28. The maximum absolute atomic E-state index is 13.3. The van der Waals surface area contributed by atoms with Crippen LogP contribution >= 0.6 is 23.4 Å². The minimum absolute atomic E-state index is 0.171. The van der Waals surface area contributed by atoms with Gasteiger partial charge in [0.15, 0.2) is 10.8 Å². The molecule has 1 aliphatic rings. The molecule has 0 spiro atoms. The topological polar surface area (TPSA) is 81.8 Å². The van der Waals surface area contributed by atoms with Crippen molar-refractivity contribution in [1.29, 1.82) is 0 Å². The fourth-order valence-corrected chi connectivity index (χ4v) is 5.14. The molecule has 0 saturated heterocycles. The van der Waals surface area contributed by atoms with Gasteiger partial charge in [0.25, 0.3) is 5.56 Å². The summed E-state index contributed by atoms with van der Waals surface area (Å²) in [6.07, 6.45) is 1.72. The van der Waals surface area contributed by atoms with Crippen LogP contribution in [0.15, 0.2) is 58.6 Å². The van der Waals surface area contributed by atoms with Crippen LogP contribution in [0, 0.1) is 13.8 Å². The van der Waals surface area contributed by atoms with Gasteiger partial charge in [0.1, 0.15) is 5.39 Å². The number of carbonyl (C=O) groups excluding carboxylic acids is 1. The summed E-state index contributed by atoms with van der Waals surface area (Å²) in [4.78, 5) is 30.6. The summed E-state index contributed by atoms with van der Waals surface area (Å²) in [5.41, 5.74) is 3.88. The maximum atomic E-state index is 13.3. The number of nitrogens with zero attached hydrogens (tertiary/aromatic N) is 4. The van der Waals surface area contributed by atoms with Gasteiger partial charge < -0.3 is 5.32 Å². The predicted octanol–water partition coefficient (Wildman–Crippen LogP) is 4.53. The summed E-state index contributed by atoms with van der Waals surface area (Å²) in [6, 6.07) is 13.0. The van der Waals surface area contributed by atoms with Gasteiger partial charge >= 0.3 is 0 Å². The van der Waals surface area contributed by atoms with Gasteiger partial charge in [-0.15, -0.1) is 0 Å². The zero-order valence-corrected chi connectivity index (χ0v) is 19.1. The molecule has 1 amide bonds. The highest BCUT2D eigenvalue weighted by molar-refractivity contribution is 7.99. The number of fused-ring (bicyclic) bond motifs is 2. The highest BCUT2D eigenvalue weighted by Crippen LogP contribution is 2.33. The van der Waals surface area contributed by atoms with Gasteiger partial charge in [-0.1, -0.05) is 41.6 Å². The van der Waals surface area contributed by atoms with E-state index in [1.807, 2.05) is 50.2 Å². The largest absolute Gasteiger partial charge is 0.326 e. The Balaban J connectivity index is 1.44. The molecule has 32 heavy (non-hydrogen) atoms. The van der Waals surface area contributed by atoms with Gasteiger partial charge in [-0.05, 0) is 49.2 Å². The third kappa shape index (κ3) is 3.69. The molecule has 1 atom stereocenters. The van der Waals surface area contributed by atoms with Crippen molar-refractivity contribution in [3.63, 3.8) is 0 Å². The molecule has 0 aliphatic carbocycles. The Labute approximate surface area is 193 Å². The van der Waals surface area contributed by atoms with Crippen LogP contribution in [0.5, 0.6) is 0 Å². The molecule has 2 aromatic heterocycles. The van der Waals surface area contributed by atoms with Crippen molar-refractivity contribution < 1.29 is 4.79 Å². The van der Waals surface area contributed by atoms with Gasteiger partial charge in [0.05, 0.1) is 17.9 Å². The third-order valence-electron chi connectivity index (χ3n) is 5.49. The quantitative estimate of drug-likeness (QED) is 0.448. The molecule has 1 aliphatic heterocycles. The lowest BCUT2D eigenvalue weighted by Crippen LogP contribution is -2.27. The Bertz CT molecular complexity index is 1430. The average Bonchev–Trinajstić information content (AvgIpc) is 3.36. The second-order valence-electron chi connectivity index (χ2n) is 7.88. The molecule has 0 saturated carbocycles. The normalized spacial score (nSPS) is 15.2. The number of hydrogen-bond acceptors (Lipinski definition) is 5. The van der Waals surface area contributed by atoms with E-state index < -0.39 is 0 Å². The number of aromatic nitrogens is 4. The summed E-state index contributed by atoms with van der Waals surface area (Å²) >= 11 is 7.63. The van der Waals surface area contributed by atoms with Crippen LogP contribution in [0.1, 0.15) is 23.6 Å². The number of aryl methyl sites for hydroxylation is 2. The minimum Gasteiger partial charge on any atom is -0.326 e. The molecular formula is C23H20ClN5O2S. The SMILES string of the molecule is Cc1cccc(-n2ncc3c(=O)n4c(nc32)SCC4CC(=O)Nc2ccc(C)c(Cl)c2)c1. The first-order valence-electron chi connectivity index (χ1n) is 10.2. The lowest BCUT2D eigenvalue weighted by Gasteiger charge is -2.14. The van der Waals surface area contributed by atoms with E-state index in [4.69, 9.17) is 16.6 Å². The summed E-state index contributed by atoms with van der Waals surface area (Å²) in [5.74, 6) is 0.431. The zero-order valence-electron chi connectivity index (χ0n) is 17.5. The lowest BCUT2D eigenvalue weighted by molar-refractivity contribution is -0.116. The number of rotatable bonds is 4. The van der Waals surface area contributed by atoms with E-state index in [0.717, 1.165) is 16.8 Å². The number of hydrogen-bond donors (Lipinski definition) is 1. The van der Waals surface area contributed by atoms with Crippen molar-refractivity contribution in [2.75, 3.05) is 11.1 Å². The summed E-state index contributed by atoms with van der Waals surface area (Å²) in [6.45, 7) is 3.91. The monoisotopic (exact) mass is 465 g/mol. The highest BCUT2D eigenvalue weighted by atomic mass is 35.5. The van der Waals surface area contributed by atoms with Crippen molar-refractivity contribution in [3.05, 3.63) is 75.2 Å². The summed E-state index contributed by atoms with van der Waals surface area (Å²) in [5, 5.41) is 8.91. The van der Waals surface area contributed by atoms with Gasteiger partial charge in [0.2, 0.25) is 5.91 Å². The fourth-order valence-electron chi connectivity index (χ4n) is 3.83. The molecule has 1 N–H and O–H groups in total. The molecule has 3 heterocycles. The number of benzene rings is 2. The first kappa shape index (κ1) is 20.8. The van der Waals surface area contributed by atoms with Gasteiger partial charge in [-0.25, -0.2) is 9.67 Å². The number of amides is 1. The van der Waals surface area contributed by atoms with Crippen LogP contribution in [-0.2, 0) is 4.79 Å². The third-order valence-corrected chi connectivity index (χ3v) is 7.00. The molecule has 0 bridgehead atoms. The zero-order chi connectivity index (χ0) is 22.4. The van der Waals surface area contributed by atoms with E-state index >= 15 is 0 Å². The smallest absolute Gasteiger partial charge is 0.265 e. The molecule has 162 valence electrons. The Morgan fingerprint density at radius 3 is 2.88 bits per heavy atom. The molecular weight excluding hydrogens is 446 g/mol. The van der Waals surface area contributed by atoms with Crippen LogP contribution < -0.4 is 10.9 Å². The van der Waals surface area contributed by atoms with Crippen molar-refractivity contribution >= 4 is 46.0 Å². The molecule has 9 heteroatoms. The maximum Gasteiger partial charge on any atom is 0.265 e. The standard InChI is InChI=1S/C23H20ClN5O2S/c1-13-4-3-5-16(8-13)29-21-18(11-25-29)22(31)28-17(12-32-23(28)27-21)10-20(30)26-15-7-6-14(2)19(24)9-15/h3-9,11,17H,10,12H2,1-2H3,(H,26,30). The molecule has 1 unspecified atom stereocenters. The van der Waals surface area contributed by atoms with Gasteiger partial charge in [0, 0.05) is 22.9 Å². The Morgan fingerprint density at radius 2 is 2.09 bits per heavy atom. The van der Waals surface area contributed by atoms with Crippen LogP contribution in [0.2, 0.25) is 5.02 Å². The van der Waals surface area contributed by atoms with Crippen molar-refractivity contribution in [3.8, 4) is 5.69 Å². The Kier molecular flexibility index (Phi) is 5.27. The van der Waals surface area contributed by atoms with Crippen LogP contribution in [0.3, 0.4) is 0 Å². The van der Waals surface area contributed by atoms with Gasteiger partial charge in [-0.2, -0.15) is 5.10 Å². The number of nitrogens with one attached hydrogen (secondary N) is 1. The van der Waals surface area contributed by atoms with Crippen molar-refractivity contribution in [2.24, 2.45) is 0 Å². The molecule has 0 fully saturated rings. The average molecular weight is 466 g/mol. The molecule has 4 aromatic rings. The van der Waals surface area contributed by atoms with Crippen LogP contribution in [0.4, 0.5) is 5.69 Å². The van der Waals surface area contributed by atoms with Gasteiger partial charge in [-0.3, -0.25) is 14.2 Å². The molecule has 5 rings (SSSR count). The number of thioether (sulfide) groups is 1. The minimum atomic E-state index is -0.275. The molecule has 0 radical (unpaired) electrons. The Hall–Kier alpha value is -3.10. The van der Waals surface area contributed by atoms with Crippen LogP contribution in [-0.4, -0.2) is 31.0 Å². The number of halogens is 1. The van der Waals surface area contributed by atoms with Crippen molar-refractivity contribution in [2.45, 2.75) is 31.5 Å². The number of carbonyl (C=O) groups is 1. The van der Waals surface area contributed by atoms with Crippen molar-refractivity contribution in [1.82, 2.24) is 19.3 Å². The van der Waals surface area contributed by atoms with E-state index in [1.54, 1.807) is 21.5 Å². The fraction of sp³-hybridized carbons (Fsp3) is 0.217. The van der Waals surface area contributed by atoms with E-state index in [1.165, 1.54) is 11.8 Å². The lowest BCUT2D eigenvalue weighted by atomic mass is 10.2. The summed E-state index contributed by atoms with van der Waals surface area (Å²) < 4.78 is 3.31. The second kappa shape index (κ2) is 8.11. The van der Waals surface area contributed by atoms with E-state index in [9.17, 15) is 9.59 Å². The van der Waals surface area contributed by atoms with E-state index in [0.29, 0.717) is 32.7 Å². The molecule has 2 aromatic carbocycles.